The van der Waals surface area contributed by atoms with Gasteiger partial charge in [-0.25, -0.2) is 0 Å². The molecule has 0 bridgehead atoms. The average molecular weight is 272 g/mol. The first-order chi connectivity index (χ1) is 9.60. The number of rotatable bonds is 5. The lowest BCUT2D eigenvalue weighted by Gasteiger charge is -2.11. The Hall–Kier alpha value is -2.40. The van der Waals surface area contributed by atoms with Gasteiger partial charge in [-0.1, -0.05) is 29.8 Å². The Morgan fingerprint density at radius 3 is 2.75 bits per heavy atom. The summed E-state index contributed by atoms with van der Waals surface area (Å²) in [5.74, 6) is 0.713. The molecule has 0 aliphatic carbocycles. The van der Waals surface area contributed by atoms with Crippen molar-refractivity contribution in [2.75, 3.05) is 0 Å². The highest BCUT2D eigenvalue weighted by atomic mass is 16.6. The molecule has 2 N–H and O–H groups in total. The van der Waals surface area contributed by atoms with Crippen LogP contribution < -0.4 is 10.5 Å². The van der Waals surface area contributed by atoms with E-state index in [0.717, 1.165) is 16.7 Å². The maximum absolute atomic E-state index is 10.7. The summed E-state index contributed by atoms with van der Waals surface area (Å²) in [4.78, 5) is 10.3. The van der Waals surface area contributed by atoms with E-state index in [-0.39, 0.29) is 12.3 Å². The predicted molar refractivity (Wildman–Crippen MR) is 76.5 cm³/mol. The average Bonchev–Trinajstić information content (AvgIpc) is 2.46. The molecule has 5 nitrogen and oxygen atoms in total. The molecule has 0 amide bonds. The van der Waals surface area contributed by atoms with E-state index in [1.54, 1.807) is 12.1 Å². The monoisotopic (exact) mass is 272 g/mol. The second kappa shape index (κ2) is 6.16. The van der Waals surface area contributed by atoms with Crippen LogP contribution in [0.5, 0.6) is 5.75 Å². The molecule has 0 heterocycles. The van der Waals surface area contributed by atoms with Crippen LogP contribution in [0, 0.1) is 17.0 Å². The number of nitrogens with zero attached hydrogens (tertiary/aromatic N) is 1. The van der Waals surface area contributed by atoms with Crippen molar-refractivity contribution in [2.45, 2.75) is 20.1 Å². The summed E-state index contributed by atoms with van der Waals surface area (Å²) in [5, 5.41) is 10.7. The van der Waals surface area contributed by atoms with Crippen LogP contribution in [-0.2, 0) is 13.2 Å². The molecule has 20 heavy (non-hydrogen) atoms. The van der Waals surface area contributed by atoms with Gasteiger partial charge in [0.1, 0.15) is 12.4 Å². The standard InChI is InChI=1S/C15H16N2O3/c1-11-5-6-15(13(7-11)9-16)20-10-12-3-2-4-14(8-12)17(18)19/h2-8H,9-10,16H2,1H3. The smallest absolute Gasteiger partial charge is 0.269 e. The zero-order chi connectivity index (χ0) is 14.5. The summed E-state index contributed by atoms with van der Waals surface area (Å²) in [6.07, 6.45) is 0. The molecular formula is C15H16N2O3. The van der Waals surface area contributed by atoms with Gasteiger partial charge in [-0.05, 0) is 18.6 Å². The SMILES string of the molecule is Cc1ccc(OCc2cccc([N+](=O)[O-])c2)c(CN)c1. The Morgan fingerprint density at radius 1 is 1.25 bits per heavy atom. The van der Waals surface area contributed by atoms with Crippen LogP contribution in [0.4, 0.5) is 5.69 Å². The Labute approximate surface area is 117 Å². The van der Waals surface area contributed by atoms with Crippen molar-refractivity contribution in [1.29, 1.82) is 0 Å². The van der Waals surface area contributed by atoms with E-state index in [1.807, 2.05) is 25.1 Å². The van der Waals surface area contributed by atoms with Gasteiger partial charge in [-0.3, -0.25) is 10.1 Å². The number of nitro benzene ring substituents is 1. The maximum Gasteiger partial charge on any atom is 0.269 e. The molecule has 0 atom stereocenters. The van der Waals surface area contributed by atoms with E-state index >= 15 is 0 Å². The second-order valence-corrected chi connectivity index (χ2v) is 4.53. The van der Waals surface area contributed by atoms with E-state index in [9.17, 15) is 10.1 Å². The van der Waals surface area contributed by atoms with Crippen molar-refractivity contribution in [2.24, 2.45) is 5.73 Å². The Balaban J connectivity index is 2.12. The molecule has 0 radical (unpaired) electrons. The minimum absolute atomic E-state index is 0.0639. The van der Waals surface area contributed by atoms with Crippen molar-refractivity contribution in [3.05, 3.63) is 69.3 Å². The van der Waals surface area contributed by atoms with Crippen LogP contribution >= 0.6 is 0 Å². The molecule has 0 spiro atoms. The third-order valence-electron chi connectivity index (χ3n) is 2.95. The van der Waals surface area contributed by atoms with Gasteiger partial charge in [0.15, 0.2) is 0 Å². The van der Waals surface area contributed by atoms with Crippen molar-refractivity contribution < 1.29 is 9.66 Å². The molecule has 0 aliphatic rings. The Morgan fingerprint density at radius 2 is 2.05 bits per heavy atom. The highest BCUT2D eigenvalue weighted by Gasteiger charge is 2.07. The minimum Gasteiger partial charge on any atom is -0.489 e. The molecule has 0 aromatic heterocycles. The Kier molecular flexibility index (Phi) is 4.32. The van der Waals surface area contributed by atoms with E-state index in [2.05, 4.69) is 0 Å². The quantitative estimate of drug-likeness (QED) is 0.670. The number of non-ortho nitro benzene ring substituents is 1. The van der Waals surface area contributed by atoms with Crippen molar-refractivity contribution in [3.8, 4) is 5.75 Å². The first-order valence-corrected chi connectivity index (χ1v) is 6.26. The molecule has 2 rings (SSSR count). The van der Waals surface area contributed by atoms with Crippen LogP contribution in [-0.4, -0.2) is 4.92 Å². The zero-order valence-corrected chi connectivity index (χ0v) is 11.2. The van der Waals surface area contributed by atoms with E-state index in [0.29, 0.717) is 12.3 Å². The normalized spacial score (nSPS) is 10.3. The first kappa shape index (κ1) is 14.0. The molecule has 2 aromatic carbocycles. The molecule has 104 valence electrons. The van der Waals surface area contributed by atoms with Crippen LogP contribution in [0.15, 0.2) is 42.5 Å². The number of aryl methyl sites for hydroxylation is 1. The topological polar surface area (TPSA) is 78.4 Å². The molecule has 0 saturated heterocycles. The first-order valence-electron chi connectivity index (χ1n) is 6.26. The summed E-state index contributed by atoms with van der Waals surface area (Å²) in [6.45, 7) is 2.66. The molecule has 0 aliphatic heterocycles. The van der Waals surface area contributed by atoms with Gasteiger partial charge in [0, 0.05) is 24.2 Å². The van der Waals surface area contributed by atoms with Gasteiger partial charge in [-0.15, -0.1) is 0 Å². The Bertz CT molecular complexity index is 626. The molecule has 0 saturated carbocycles. The second-order valence-electron chi connectivity index (χ2n) is 4.53. The highest BCUT2D eigenvalue weighted by Crippen LogP contribution is 2.21. The number of hydrogen-bond acceptors (Lipinski definition) is 4. The molecule has 0 unspecified atom stereocenters. The van der Waals surface area contributed by atoms with Gasteiger partial charge in [0.05, 0.1) is 4.92 Å². The summed E-state index contributed by atoms with van der Waals surface area (Å²) in [7, 11) is 0. The van der Waals surface area contributed by atoms with Gasteiger partial charge < -0.3 is 10.5 Å². The molecular weight excluding hydrogens is 256 g/mol. The van der Waals surface area contributed by atoms with E-state index in [4.69, 9.17) is 10.5 Å². The van der Waals surface area contributed by atoms with Gasteiger partial charge in [0.2, 0.25) is 0 Å². The van der Waals surface area contributed by atoms with Gasteiger partial charge in [-0.2, -0.15) is 0 Å². The maximum atomic E-state index is 10.7. The lowest BCUT2D eigenvalue weighted by atomic mass is 10.1. The van der Waals surface area contributed by atoms with Gasteiger partial charge >= 0.3 is 0 Å². The van der Waals surface area contributed by atoms with E-state index in [1.165, 1.54) is 12.1 Å². The summed E-state index contributed by atoms with van der Waals surface area (Å²) >= 11 is 0. The van der Waals surface area contributed by atoms with Crippen LogP contribution in [0.3, 0.4) is 0 Å². The summed E-state index contributed by atoms with van der Waals surface area (Å²) < 4.78 is 5.70. The lowest BCUT2D eigenvalue weighted by Crippen LogP contribution is -2.03. The molecule has 0 fully saturated rings. The fourth-order valence-electron chi connectivity index (χ4n) is 1.93. The van der Waals surface area contributed by atoms with Crippen LogP contribution in [0.2, 0.25) is 0 Å². The predicted octanol–water partition coefficient (Wildman–Crippen LogP) is 2.94. The number of benzene rings is 2. The summed E-state index contributed by atoms with van der Waals surface area (Å²) in [5.41, 5.74) is 8.54. The van der Waals surface area contributed by atoms with Crippen molar-refractivity contribution in [3.63, 3.8) is 0 Å². The lowest BCUT2D eigenvalue weighted by molar-refractivity contribution is -0.384. The van der Waals surface area contributed by atoms with Crippen LogP contribution in [0.1, 0.15) is 16.7 Å². The highest BCUT2D eigenvalue weighted by molar-refractivity contribution is 5.38. The minimum atomic E-state index is -0.416. The third kappa shape index (κ3) is 3.33. The third-order valence-corrected chi connectivity index (χ3v) is 2.95. The molecule has 2 aromatic rings. The zero-order valence-electron chi connectivity index (χ0n) is 11.2. The van der Waals surface area contributed by atoms with Crippen molar-refractivity contribution in [1.82, 2.24) is 0 Å². The number of nitrogens with two attached hydrogens (primary N) is 1. The summed E-state index contributed by atoms with van der Waals surface area (Å²) in [6, 6.07) is 12.2. The fourth-order valence-corrected chi connectivity index (χ4v) is 1.93. The van der Waals surface area contributed by atoms with Crippen LogP contribution in [0.25, 0.3) is 0 Å². The largest absolute Gasteiger partial charge is 0.489 e. The molecule has 5 heteroatoms. The van der Waals surface area contributed by atoms with Crippen molar-refractivity contribution >= 4 is 5.69 Å². The van der Waals surface area contributed by atoms with Gasteiger partial charge in [0.25, 0.3) is 5.69 Å². The number of hydrogen-bond donors (Lipinski definition) is 1. The fraction of sp³-hybridized carbons (Fsp3) is 0.200. The number of ether oxygens (including phenoxy) is 1. The number of nitro groups is 1. The van der Waals surface area contributed by atoms with E-state index < -0.39 is 4.92 Å².